The highest BCUT2D eigenvalue weighted by Crippen LogP contribution is 2.22. The first-order chi connectivity index (χ1) is 6.74. The predicted octanol–water partition coefficient (Wildman–Crippen LogP) is 0.690. The molecule has 0 aromatic carbocycles. The summed E-state index contributed by atoms with van der Waals surface area (Å²) in [6, 6.07) is 0. The number of piperidine rings is 1. The van der Waals surface area contributed by atoms with Gasteiger partial charge in [-0.05, 0) is 37.8 Å². The van der Waals surface area contributed by atoms with Crippen LogP contribution in [0.5, 0.6) is 0 Å². The first-order valence-electron chi connectivity index (χ1n) is 5.26. The summed E-state index contributed by atoms with van der Waals surface area (Å²) in [6.07, 6.45) is 3.01. The Morgan fingerprint density at radius 3 is 3.07 bits per heavy atom. The van der Waals surface area contributed by atoms with Gasteiger partial charge < -0.3 is 5.32 Å². The van der Waals surface area contributed by atoms with Crippen molar-refractivity contribution in [2.24, 2.45) is 11.8 Å². The maximum atomic E-state index is 11.2. The molecule has 1 amide bonds. The SMILES string of the molecule is CONC(=O)CC(C)C1CCCNC1. The largest absolute Gasteiger partial charge is 0.316 e. The molecule has 14 heavy (non-hydrogen) atoms. The molecule has 0 spiro atoms. The Kier molecular flexibility index (Phi) is 4.90. The molecule has 0 aliphatic carbocycles. The quantitative estimate of drug-likeness (QED) is 0.656. The van der Waals surface area contributed by atoms with E-state index < -0.39 is 0 Å². The summed E-state index contributed by atoms with van der Waals surface area (Å²) in [6.45, 7) is 4.29. The van der Waals surface area contributed by atoms with Crippen LogP contribution in [0.1, 0.15) is 26.2 Å². The molecule has 0 aromatic rings. The molecule has 1 rings (SSSR count). The zero-order chi connectivity index (χ0) is 10.4. The minimum Gasteiger partial charge on any atom is -0.316 e. The van der Waals surface area contributed by atoms with Crippen molar-refractivity contribution in [1.82, 2.24) is 10.8 Å². The summed E-state index contributed by atoms with van der Waals surface area (Å²) in [7, 11) is 1.46. The van der Waals surface area contributed by atoms with Gasteiger partial charge in [0.25, 0.3) is 0 Å². The summed E-state index contributed by atoms with van der Waals surface area (Å²) in [4.78, 5) is 15.8. The van der Waals surface area contributed by atoms with Crippen LogP contribution < -0.4 is 10.8 Å². The molecule has 1 saturated heterocycles. The van der Waals surface area contributed by atoms with Gasteiger partial charge in [-0.1, -0.05) is 6.92 Å². The topological polar surface area (TPSA) is 50.4 Å². The van der Waals surface area contributed by atoms with E-state index in [0.29, 0.717) is 18.3 Å². The lowest BCUT2D eigenvalue weighted by Gasteiger charge is -2.27. The molecular weight excluding hydrogens is 180 g/mol. The second kappa shape index (κ2) is 5.98. The molecule has 2 N–H and O–H groups in total. The van der Waals surface area contributed by atoms with Crippen molar-refractivity contribution in [3.05, 3.63) is 0 Å². The second-order valence-electron chi connectivity index (χ2n) is 4.02. The molecule has 0 saturated carbocycles. The number of amides is 1. The number of hydrogen-bond acceptors (Lipinski definition) is 3. The molecule has 1 aliphatic heterocycles. The van der Waals surface area contributed by atoms with Crippen LogP contribution in [0.4, 0.5) is 0 Å². The number of nitrogens with one attached hydrogen (secondary N) is 2. The van der Waals surface area contributed by atoms with E-state index in [1.54, 1.807) is 0 Å². The van der Waals surface area contributed by atoms with Gasteiger partial charge in [-0.15, -0.1) is 0 Å². The van der Waals surface area contributed by atoms with Gasteiger partial charge >= 0.3 is 0 Å². The van der Waals surface area contributed by atoms with Crippen LogP contribution in [0.2, 0.25) is 0 Å². The molecule has 0 bridgehead atoms. The maximum Gasteiger partial charge on any atom is 0.243 e. The highest BCUT2D eigenvalue weighted by Gasteiger charge is 2.21. The predicted molar refractivity (Wildman–Crippen MR) is 54.5 cm³/mol. The molecule has 1 heterocycles. The molecule has 82 valence electrons. The fourth-order valence-corrected chi connectivity index (χ4v) is 1.98. The third kappa shape index (κ3) is 3.64. The van der Waals surface area contributed by atoms with Crippen molar-refractivity contribution >= 4 is 5.91 Å². The normalized spacial score (nSPS) is 24.3. The molecule has 1 fully saturated rings. The Balaban J connectivity index is 2.25. The van der Waals surface area contributed by atoms with E-state index in [1.165, 1.54) is 20.0 Å². The van der Waals surface area contributed by atoms with Crippen LogP contribution >= 0.6 is 0 Å². The molecule has 4 heteroatoms. The average molecular weight is 200 g/mol. The first-order valence-corrected chi connectivity index (χ1v) is 5.26. The summed E-state index contributed by atoms with van der Waals surface area (Å²) in [5, 5.41) is 3.36. The minimum atomic E-state index is -0.0226. The highest BCUT2D eigenvalue weighted by molar-refractivity contribution is 5.74. The van der Waals surface area contributed by atoms with E-state index in [2.05, 4.69) is 22.6 Å². The fraction of sp³-hybridized carbons (Fsp3) is 0.900. The lowest BCUT2D eigenvalue weighted by Crippen LogP contribution is -2.35. The molecule has 0 radical (unpaired) electrons. The highest BCUT2D eigenvalue weighted by atomic mass is 16.6. The number of hydroxylamine groups is 1. The third-order valence-corrected chi connectivity index (χ3v) is 2.86. The second-order valence-corrected chi connectivity index (χ2v) is 4.02. The van der Waals surface area contributed by atoms with E-state index in [4.69, 9.17) is 0 Å². The maximum absolute atomic E-state index is 11.2. The number of carbonyl (C=O) groups excluding carboxylic acids is 1. The van der Waals surface area contributed by atoms with Crippen molar-refractivity contribution in [1.29, 1.82) is 0 Å². The Morgan fingerprint density at radius 1 is 1.71 bits per heavy atom. The fourth-order valence-electron chi connectivity index (χ4n) is 1.98. The van der Waals surface area contributed by atoms with Crippen LogP contribution in [-0.4, -0.2) is 26.1 Å². The van der Waals surface area contributed by atoms with Crippen LogP contribution in [-0.2, 0) is 9.63 Å². The van der Waals surface area contributed by atoms with Crippen LogP contribution in [0.15, 0.2) is 0 Å². The molecule has 2 unspecified atom stereocenters. The van der Waals surface area contributed by atoms with Gasteiger partial charge in [0, 0.05) is 6.42 Å². The van der Waals surface area contributed by atoms with Gasteiger partial charge in [0.05, 0.1) is 7.11 Å². The third-order valence-electron chi connectivity index (χ3n) is 2.86. The molecule has 4 nitrogen and oxygen atoms in total. The Labute approximate surface area is 85.3 Å². The van der Waals surface area contributed by atoms with Gasteiger partial charge in [-0.25, -0.2) is 5.48 Å². The Morgan fingerprint density at radius 2 is 2.50 bits per heavy atom. The lowest BCUT2D eigenvalue weighted by molar-refractivity contribution is -0.132. The zero-order valence-electron chi connectivity index (χ0n) is 9.01. The van der Waals surface area contributed by atoms with Gasteiger partial charge in [0.1, 0.15) is 0 Å². The van der Waals surface area contributed by atoms with Gasteiger partial charge in [-0.2, -0.15) is 0 Å². The van der Waals surface area contributed by atoms with Crippen molar-refractivity contribution in [3.63, 3.8) is 0 Å². The van der Waals surface area contributed by atoms with Crippen LogP contribution in [0, 0.1) is 11.8 Å². The van der Waals surface area contributed by atoms with Gasteiger partial charge in [-0.3, -0.25) is 9.63 Å². The molecular formula is C10H20N2O2. The van der Waals surface area contributed by atoms with Crippen LogP contribution in [0.3, 0.4) is 0 Å². The smallest absolute Gasteiger partial charge is 0.243 e. The molecule has 1 aliphatic rings. The summed E-state index contributed by atoms with van der Waals surface area (Å²) in [5.41, 5.74) is 2.36. The lowest BCUT2D eigenvalue weighted by atomic mass is 9.85. The number of carbonyl (C=O) groups is 1. The van der Waals surface area contributed by atoms with Crippen molar-refractivity contribution in [3.8, 4) is 0 Å². The summed E-state index contributed by atoms with van der Waals surface area (Å²) >= 11 is 0. The zero-order valence-corrected chi connectivity index (χ0v) is 9.01. The van der Waals surface area contributed by atoms with Gasteiger partial charge in [0.2, 0.25) is 5.91 Å². The van der Waals surface area contributed by atoms with E-state index >= 15 is 0 Å². The average Bonchev–Trinajstić information content (AvgIpc) is 2.19. The molecule has 0 aromatic heterocycles. The van der Waals surface area contributed by atoms with Crippen molar-refractivity contribution in [2.45, 2.75) is 26.2 Å². The van der Waals surface area contributed by atoms with Crippen molar-refractivity contribution in [2.75, 3.05) is 20.2 Å². The van der Waals surface area contributed by atoms with Crippen LogP contribution in [0.25, 0.3) is 0 Å². The van der Waals surface area contributed by atoms with Crippen molar-refractivity contribution < 1.29 is 9.63 Å². The Hall–Kier alpha value is -0.610. The number of rotatable bonds is 4. The van der Waals surface area contributed by atoms with E-state index in [0.717, 1.165) is 13.1 Å². The summed E-state index contributed by atoms with van der Waals surface area (Å²) in [5.74, 6) is 1.04. The van der Waals surface area contributed by atoms with Gasteiger partial charge in [0.15, 0.2) is 0 Å². The van der Waals surface area contributed by atoms with E-state index in [-0.39, 0.29) is 5.91 Å². The monoisotopic (exact) mass is 200 g/mol. The standard InChI is InChI=1S/C10H20N2O2/c1-8(6-10(13)12-14-2)9-4-3-5-11-7-9/h8-9,11H,3-7H2,1-2H3,(H,12,13). The van der Waals surface area contributed by atoms with E-state index in [1.807, 2.05) is 0 Å². The van der Waals surface area contributed by atoms with E-state index in [9.17, 15) is 4.79 Å². The number of hydrogen-bond donors (Lipinski definition) is 2. The Bertz CT molecular complexity index is 179. The minimum absolute atomic E-state index is 0.0226. The molecule has 2 atom stereocenters. The summed E-state index contributed by atoms with van der Waals surface area (Å²) < 4.78 is 0. The first kappa shape index (κ1) is 11.5.